The standard InChI is InChI=1S/C50H29N3OS/c1-2-13-30(14-3-1)47-51-48(53-49(52-47)37-20-12-19-36-35-18-7-10-23-43(35)54-46(36)37)33-25-26-45-42(29-33)50(40-22-9-11-24-44(40)55-45)39-21-8-6-17-34(39)38-27-31-15-4-5-16-32(31)28-41(38)50/h1-29H. The minimum Gasteiger partial charge on any atom is -0.455 e. The molecule has 1 aliphatic heterocycles. The summed E-state index contributed by atoms with van der Waals surface area (Å²) in [5.41, 5.74) is 11.4. The van der Waals surface area contributed by atoms with Crippen molar-refractivity contribution in [2.45, 2.75) is 15.2 Å². The summed E-state index contributed by atoms with van der Waals surface area (Å²) in [5.74, 6) is 1.80. The van der Waals surface area contributed by atoms with Gasteiger partial charge in [0.25, 0.3) is 0 Å². The van der Waals surface area contributed by atoms with Crippen molar-refractivity contribution in [2.24, 2.45) is 0 Å². The van der Waals surface area contributed by atoms with Crippen LogP contribution in [0, 0.1) is 0 Å². The lowest BCUT2D eigenvalue weighted by molar-refractivity contribution is 0.669. The lowest BCUT2D eigenvalue weighted by Crippen LogP contribution is -2.32. The van der Waals surface area contributed by atoms with Crippen LogP contribution in [-0.4, -0.2) is 15.0 Å². The molecule has 2 aliphatic rings. The molecule has 0 N–H and O–H groups in total. The Kier molecular flexibility index (Phi) is 6.45. The number of benzene rings is 8. The Morgan fingerprint density at radius 1 is 0.400 bits per heavy atom. The van der Waals surface area contributed by atoms with E-state index in [-0.39, 0.29) is 0 Å². The van der Waals surface area contributed by atoms with E-state index in [0.29, 0.717) is 17.5 Å². The first-order valence-corrected chi connectivity index (χ1v) is 19.3. The first-order valence-electron chi connectivity index (χ1n) is 18.5. The summed E-state index contributed by atoms with van der Waals surface area (Å²) in [4.78, 5) is 18.1. The first kappa shape index (κ1) is 30.6. The zero-order valence-electron chi connectivity index (χ0n) is 29.4. The lowest BCUT2D eigenvalue weighted by atomic mass is 9.67. The molecule has 5 heteroatoms. The van der Waals surface area contributed by atoms with E-state index in [1.165, 1.54) is 53.9 Å². The Hall–Kier alpha value is -6.82. The Morgan fingerprint density at radius 2 is 1.05 bits per heavy atom. The predicted molar refractivity (Wildman–Crippen MR) is 222 cm³/mol. The SMILES string of the molecule is c1ccc(-c2nc(-c3ccc4c(c3)C3(c5ccccc5S4)c4ccccc4-c4cc5ccccc5cc43)nc(-c3cccc4c3oc3ccccc34)n2)cc1. The molecule has 0 bridgehead atoms. The second-order valence-electron chi connectivity index (χ2n) is 14.3. The van der Waals surface area contributed by atoms with Crippen LogP contribution < -0.4 is 0 Å². The molecule has 8 aromatic carbocycles. The summed E-state index contributed by atoms with van der Waals surface area (Å²) in [7, 11) is 0. The van der Waals surface area contributed by atoms with Crippen LogP contribution in [-0.2, 0) is 5.41 Å². The third-order valence-electron chi connectivity index (χ3n) is 11.4. The van der Waals surface area contributed by atoms with Crippen molar-refractivity contribution >= 4 is 44.5 Å². The quantitative estimate of drug-likeness (QED) is 0.182. The summed E-state index contributed by atoms with van der Waals surface area (Å²) < 4.78 is 6.49. The third-order valence-corrected chi connectivity index (χ3v) is 12.5. The van der Waals surface area contributed by atoms with Gasteiger partial charge >= 0.3 is 0 Å². The molecule has 0 radical (unpaired) electrons. The van der Waals surface area contributed by atoms with Crippen LogP contribution in [0.5, 0.6) is 0 Å². The van der Waals surface area contributed by atoms with Gasteiger partial charge in [0, 0.05) is 31.7 Å². The topological polar surface area (TPSA) is 51.8 Å². The van der Waals surface area contributed by atoms with Gasteiger partial charge in [0.05, 0.1) is 11.0 Å². The van der Waals surface area contributed by atoms with Gasteiger partial charge in [-0.1, -0.05) is 145 Å². The zero-order chi connectivity index (χ0) is 36.1. The minimum absolute atomic E-state index is 0.541. The Balaban J connectivity index is 1.13. The molecule has 0 amide bonds. The highest BCUT2D eigenvalue weighted by atomic mass is 32.2. The number of nitrogens with zero attached hydrogens (tertiary/aromatic N) is 3. The van der Waals surface area contributed by atoms with E-state index in [1.807, 2.05) is 54.2 Å². The number of hydrogen-bond acceptors (Lipinski definition) is 5. The molecule has 256 valence electrons. The van der Waals surface area contributed by atoms with Gasteiger partial charge in [0.2, 0.25) is 0 Å². The van der Waals surface area contributed by atoms with Crippen LogP contribution >= 0.6 is 11.8 Å². The van der Waals surface area contributed by atoms with Crippen LogP contribution in [0.15, 0.2) is 190 Å². The van der Waals surface area contributed by atoms with E-state index in [4.69, 9.17) is 19.4 Å². The molecule has 0 saturated heterocycles. The highest BCUT2D eigenvalue weighted by Crippen LogP contribution is 2.62. The molecule has 12 rings (SSSR count). The van der Waals surface area contributed by atoms with Gasteiger partial charge in [-0.2, -0.15) is 0 Å². The number of fused-ring (bicyclic) bond motifs is 13. The van der Waals surface area contributed by atoms with Gasteiger partial charge in [-0.05, 0) is 86.6 Å². The molecule has 1 atom stereocenters. The maximum atomic E-state index is 6.49. The molecule has 0 saturated carbocycles. The summed E-state index contributed by atoms with van der Waals surface area (Å²) >= 11 is 1.84. The Labute approximate surface area is 321 Å². The van der Waals surface area contributed by atoms with Crippen LogP contribution in [0.2, 0.25) is 0 Å². The summed E-state index contributed by atoms with van der Waals surface area (Å²) in [6.07, 6.45) is 0. The predicted octanol–water partition coefficient (Wildman–Crippen LogP) is 12.8. The molecular weight excluding hydrogens is 691 g/mol. The fourth-order valence-corrected chi connectivity index (χ4v) is 10.2. The Bertz CT molecular complexity index is 3210. The normalized spacial score (nSPS) is 15.3. The van der Waals surface area contributed by atoms with E-state index < -0.39 is 5.41 Å². The van der Waals surface area contributed by atoms with Gasteiger partial charge in [-0.25, -0.2) is 15.0 Å². The smallest absolute Gasteiger partial charge is 0.167 e. The minimum atomic E-state index is -0.541. The number of rotatable bonds is 3. The fourth-order valence-electron chi connectivity index (χ4n) is 8.99. The van der Waals surface area contributed by atoms with Crippen LogP contribution in [0.3, 0.4) is 0 Å². The maximum absolute atomic E-state index is 6.49. The lowest BCUT2D eigenvalue weighted by Gasteiger charge is -2.40. The van der Waals surface area contributed by atoms with Gasteiger partial charge in [0.15, 0.2) is 17.5 Å². The second kappa shape index (κ2) is 11.6. The monoisotopic (exact) mass is 719 g/mol. The van der Waals surface area contributed by atoms with Crippen LogP contribution in [0.1, 0.15) is 22.3 Å². The molecular formula is C50H29N3OS. The summed E-state index contributed by atoms with van der Waals surface area (Å²) in [5, 5.41) is 4.58. The molecule has 4 nitrogen and oxygen atoms in total. The molecule has 2 aromatic heterocycles. The molecule has 3 heterocycles. The van der Waals surface area contributed by atoms with Crippen molar-refractivity contribution in [3.63, 3.8) is 0 Å². The molecule has 1 aliphatic carbocycles. The number of aromatic nitrogens is 3. The van der Waals surface area contributed by atoms with Crippen molar-refractivity contribution in [2.75, 3.05) is 0 Å². The second-order valence-corrected chi connectivity index (χ2v) is 15.4. The van der Waals surface area contributed by atoms with E-state index in [2.05, 4.69) is 133 Å². The maximum Gasteiger partial charge on any atom is 0.167 e. The summed E-state index contributed by atoms with van der Waals surface area (Å²) in [6.45, 7) is 0. The fraction of sp³-hybridized carbons (Fsp3) is 0.0200. The molecule has 10 aromatic rings. The van der Waals surface area contributed by atoms with Gasteiger partial charge in [0.1, 0.15) is 11.2 Å². The average Bonchev–Trinajstić information content (AvgIpc) is 3.77. The van der Waals surface area contributed by atoms with E-state index in [9.17, 15) is 0 Å². The van der Waals surface area contributed by atoms with Crippen molar-refractivity contribution < 1.29 is 4.42 Å². The number of furan rings is 1. The highest BCUT2D eigenvalue weighted by Gasteiger charge is 2.50. The van der Waals surface area contributed by atoms with Crippen LogP contribution in [0.4, 0.5) is 0 Å². The van der Waals surface area contributed by atoms with Gasteiger partial charge < -0.3 is 4.42 Å². The molecule has 0 fully saturated rings. The van der Waals surface area contributed by atoms with Crippen molar-refractivity contribution in [3.05, 3.63) is 198 Å². The zero-order valence-corrected chi connectivity index (χ0v) is 30.2. The third kappa shape index (κ3) is 4.39. The van der Waals surface area contributed by atoms with Crippen molar-refractivity contribution in [3.8, 4) is 45.3 Å². The number of hydrogen-bond donors (Lipinski definition) is 0. The highest BCUT2D eigenvalue weighted by molar-refractivity contribution is 7.99. The molecule has 1 unspecified atom stereocenters. The van der Waals surface area contributed by atoms with Gasteiger partial charge in [-0.3, -0.25) is 0 Å². The van der Waals surface area contributed by atoms with Crippen molar-refractivity contribution in [1.29, 1.82) is 0 Å². The van der Waals surface area contributed by atoms with Crippen molar-refractivity contribution in [1.82, 2.24) is 15.0 Å². The largest absolute Gasteiger partial charge is 0.455 e. The number of para-hydroxylation sites is 2. The Morgan fingerprint density at radius 3 is 1.95 bits per heavy atom. The first-order chi connectivity index (χ1) is 27.2. The van der Waals surface area contributed by atoms with E-state index in [1.54, 1.807) is 0 Å². The van der Waals surface area contributed by atoms with E-state index in [0.717, 1.165) is 38.6 Å². The average molecular weight is 720 g/mol. The van der Waals surface area contributed by atoms with E-state index >= 15 is 0 Å². The van der Waals surface area contributed by atoms with Crippen LogP contribution in [0.25, 0.3) is 78.0 Å². The van der Waals surface area contributed by atoms with Gasteiger partial charge in [-0.15, -0.1) is 0 Å². The molecule has 1 spiro atoms. The molecule has 55 heavy (non-hydrogen) atoms. The summed E-state index contributed by atoms with van der Waals surface area (Å²) in [6, 6.07) is 62.7.